The summed E-state index contributed by atoms with van der Waals surface area (Å²) in [6.45, 7) is 9.81. The molecule has 0 unspecified atom stereocenters. The maximum absolute atomic E-state index is 8.84. The molecule has 0 aromatic carbocycles. The quantitative estimate of drug-likeness (QED) is 0.668. The number of piperazine rings is 1. The van der Waals surface area contributed by atoms with Crippen LogP contribution in [-0.2, 0) is 0 Å². The molecular weight excluding hydrogens is 190 g/mol. The molecule has 0 spiro atoms. The van der Waals surface area contributed by atoms with Crippen LogP contribution >= 0.6 is 0 Å². The average molecular weight is 215 g/mol. The van der Waals surface area contributed by atoms with Crippen LogP contribution < -0.4 is 5.43 Å². The predicted molar refractivity (Wildman–Crippen MR) is 62.6 cm³/mol. The molecular formula is C11H25N3O. The first kappa shape index (κ1) is 12.9. The minimum absolute atomic E-state index is 0.278. The van der Waals surface area contributed by atoms with E-state index in [1.54, 1.807) is 0 Å². The Morgan fingerprint density at radius 3 is 2.20 bits per heavy atom. The van der Waals surface area contributed by atoms with Crippen LogP contribution in [0.25, 0.3) is 0 Å². The molecule has 0 aromatic rings. The summed E-state index contributed by atoms with van der Waals surface area (Å²) in [5.41, 5.74) is 3.56. The summed E-state index contributed by atoms with van der Waals surface area (Å²) in [6.07, 6.45) is 2.38. The SMILES string of the molecule is CCC(CC)NN1CCN(CCO)CC1. The van der Waals surface area contributed by atoms with Crippen LogP contribution in [0.3, 0.4) is 0 Å². The first-order valence-electron chi connectivity index (χ1n) is 6.14. The molecule has 1 rings (SSSR count). The topological polar surface area (TPSA) is 38.7 Å². The van der Waals surface area contributed by atoms with Gasteiger partial charge in [-0.15, -0.1) is 0 Å². The summed E-state index contributed by atoms with van der Waals surface area (Å²) in [4.78, 5) is 2.31. The van der Waals surface area contributed by atoms with Gasteiger partial charge in [0, 0.05) is 38.8 Å². The molecule has 0 atom stereocenters. The molecule has 0 saturated carbocycles. The van der Waals surface area contributed by atoms with Crippen molar-refractivity contribution >= 4 is 0 Å². The average Bonchev–Trinajstić information content (AvgIpc) is 2.28. The third kappa shape index (κ3) is 4.47. The van der Waals surface area contributed by atoms with Crippen LogP contribution in [0.1, 0.15) is 26.7 Å². The molecule has 0 bridgehead atoms. The fourth-order valence-electron chi connectivity index (χ4n) is 1.97. The first-order chi connectivity index (χ1) is 7.30. The fourth-order valence-corrected chi connectivity index (χ4v) is 1.97. The molecule has 15 heavy (non-hydrogen) atoms. The van der Waals surface area contributed by atoms with Gasteiger partial charge in [0.25, 0.3) is 0 Å². The van der Waals surface area contributed by atoms with E-state index in [2.05, 4.69) is 29.2 Å². The summed E-state index contributed by atoms with van der Waals surface area (Å²) in [7, 11) is 0. The first-order valence-corrected chi connectivity index (χ1v) is 6.14. The summed E-state index contributed by atoms with van der Waals surface area (Å²) in [5, 5.41) is 11.2. The third-order valence-corrected chi connectivity index (χ3v) is 3.14. The molecule has 1 saturated heterocycles. The van der Waals surface area contributed by atoms with Gasteiger partial charge in [0.1, 0.15) is 0 Å². The highest BCUT2D eigenvalue weighted by molar-refractivity contribution is 4.71. The minimum Gasteiger partial charge on any atom is -0.395 e. The summed E-state index contributed by atoms with van der Waals surface area (Å²) in [6, 6.07) is 0.620. The number of nitrogens with one attached hydrogen (secondary N) is 1. The molecule has 1 aliphatic rings. The predicted octanol–water partition coefficient (Wildman–Crippen LogP) is 0.289. The van der Waals surface area contributed by atoms with E-state index in [-0.39, 0.29) is 6.61 Å². The summed E-state index contributed by atoms with van der Waals surface area (Å²) in [5.74, 6) is 0. The van der Waals surface area contributed by atoms with Crippen molar-refractivity contribution in [2.24, 2.45) is 0 Å². The molecule has 0 amide bonds. The lowest BCUT2D eigenvalue weighted by molar-refractivity contribution is 0.0639. The highest BCUT2D eigenvalue weighted by Gasteiger charge is 2.17. The van der Waals surface area contributed by atoms with Gasteiger partial charge >= 0.3 is 0 Å². The van der Waals surface area contributed by atoms with Crippen LogP contribution in [0.4, 0.5) is 0 Å². The zero-order valence-corrected chi connectivity index (χ0v) is 10.1. The number of aliphatic hydroxyl groups is 1. The molecule has 1 aliphatic heterocycles. The lowest BCUT2D eigenvalue weighted by Gasteiger charge is -2.36. The zero-order valence-electron chi connectivity index (χ0n) is 10.1. The Balaban J connectivity index is 2.19. The Labute approximate surface area is 93.2 Å². The maximum atomic E-state index is 8.84. The van der Waals surface area contributed by atoms with Gasteiger partial charge in [0.2, 0.25) is 0 Å². The van der Waals surface area contributed by atoms with Crippen molar-refractivity contribution in [3.05, 3.63) is 0 Å². The van der Waals surface area contributed by atoms with Gasteiger partial charge in [0.15, 0.2) is 0 Å². The van der Waals surface area contributed by atoms with Crippen molar-refractivity contribution in [3.63, 3.8) is 0 Å². The van der Waals surface area contributed by atoms with E-state index in [0.717, 1.165) is 32.7 Å². The highest BCUT2D eigenvalue weighted by Crippen LogP contribution is 2.02. The van der Waals surface area contributed by atoms with Gasteiger partial charge in [-0.2, -0.15) is 0 Å². The number of aliphatic hydroxyl groups excluding tert-OH is 1. The minimum atomic E-state index is 0.278. The second kappa shape index (κ2) is 7.17. The number of hydrogen-bond acceptors (Lipinski definition) is 4. The number of hydrogen-bond donors (Lipinski definition) is 2. The van der Waals surface area contributed by atoms with Crippen LogP contribution in [0, 0.1) is 0 Å². The number of rotatable bonds is 6. The van der Waals surface area contributed by atoms with Gasteiger partial charge in [-0.3, -0.25) is 10.3 Å². The van der Waals surface area contributed by atoms with Crippen molar-refractivity contribution in [1.82, 2.24) is 15.3 Å². The van der Waals surface area contributed by atoms with Crippen LogP contribution in [0.5, 0.6) is 0 Å². The van der Waals surface area contributed by atoms with Crippen molar-refractivity contribution in [2.45, 2.75) is 32.7 Å². The molecule has 0 radical (unpaired) electrons. The van der Waals surface area contributed by atoms with Crippen LogP contribution in [0.2, 0.25) is 0 Å². The van der Waals surface area contributed by atoms with E-state index in [1.165, 1.54) is 12.8 Å². The summed E-state index contributed by atoms with van der Waals surface area (Å²) >= 11 is 0. The Kier molecular flexibility index (Phi) is 6.17. The van der Waals surface area contributed by atoms with Gasteiger partial charge in [-0.1, -0.05) is 13.8 Å². The molecule has 1 fully saturated rings. The standard InChI is InChI=1S/C11H25N3O/c1-3-11(4-2)12-14-7-5-13(6-8-14)9-10-15/h11-12,15H,3-10H2,1-2H3. The zero-order chi connectivity index (χ0) is 11.1. The molecule has 2 N–H and O–H groups in total. The van der Waals surface area contributed by atoms with Crippen molar-refractivity contribution in [1.29, 1.82) is 0 Å². The second-order valence-electron chi connectivity index (χ2n) is 4.19. The molecule has 90 valence electrons. The largest absolute Gasteiger partial charge is 0.395 e. The Morgan fingerprint density at radius 2 is 1.73 bits per heavy atom. The molecule has 4 nitrogen and oxygen atoms in total. The Bertz CT molecular complexity index is 154. The fraction of sp³-hybridized carbons (Fsp3) is 1.00. The summed E-state index contributed by atoms with van der Waals surface area (Å²) < 4.78 is 0. The number of β-amino-alcohol motifs (C(OH)–C–C–N with tert-alkyl or cyclic N) is 1. The van der Waals surface area contributed by atoms with Crippen molar-refractivity contribution in [2.75, 3.05) is 39.3 Å². The van der Waals surface area contributed by atoms with E-state index >= 15 is 0 Å². The van der Waals surface area contributed by atoms with Crippen molar-refractivity contribution < 1.29 is 5.11 Å². The van der Waals surface area contributed by atoms with E-state index < -0.39 is 0 Å². The van der Waals surface area contributed by atoms with Gasteiger partial charge in [-0.05, 0) is 12.8 Å². The van der Waals surface area contributed by atoms with E-state index in [4.69, 9.17) is 5.11 Å². The van der Waals surface area contributed by atoms with Gasteiger partial charge in [-0.25, -0.2) is 5.01 Å². The van der Waals surface area contributed by atoms with E-state index in [9.17, 15) is 0 Å². The number of nitrogens with zero attached hydrogens (tertiary/aromatic N) is 2. The highest BCUT2D eigenvalue weighted by atomic mass is 16.3. The Hall–Kier alpha value is -0.160. The lowest BCUT2D eigenvalue weighted by Crippen LogP contribution is -2.54. The molecule has 1 heterocycles. The lowest BCUT2D eigenvalue weighted by atomic mass is 10.2. The Morgan fingerprint density at radius 1 is 1.13 bits per heavy atom. The maximum Gasteiger partial charge on any atom is 0.0558 e. The van der Waals surface area contributed by atoms with E-state index in [0.29, 0.717) is 6.04 Å². The monoisotopic (exact) mass is 215 g/mol. The smallest absolute Gasteiger partial charge is 0.0558 e. The van der Waals surface area contributed by atoms with Gasteiger partial charge in [0.05, 0.1) is 6.61 Å². The number of hydrazine groups is 1. The van der Waals surface area contributed by atoms with Crippen LogP contribution in [-0.4, -0.2) is 60.4 Å². The van der Waals surface area contributed by atoms with E-state index in [1.807, 2.05) is 0 Å². The van der Waals surface area contributed by atoms with Crippen LogP contribution in [0.15, 0.2) is 0 Å². The molecule has 0 aromatic heterocycles. The normalized spacial score (nSPS) is 20.0. The molecule has 0 aliphatic carbocycles. The second-order valence-corrected chi connectivity index (χ2v) is 4.19. The van der Waals surface area contributed by atoms with Crippen molar-refractivity contribution in [3.8, 4) is 0 Å². The van der Waals surface area contributed by atoms with Gasteiger partial charge < -0.3 is 5.11 Å². The third-order valence-electron chi connectivity index (χ3n) is 3.14. The molecule has 4 heteroatoms.